The number of fused-ring (bicyclic) bond motifs is 3. The van der Waals surface area contributed by atoms with Crippen molar-refractivity contribution in [3.05, 3.63) is 53.9 Å². The Morgan fingerprint density at radius 1 is 0.763 bits per heavy atom. The quantitative estimate of drug-likeness (QED) is 0.240. The van der Waals surface area contributed by atoms with Gasteiger partial charge in [-0.05, 0) is 72.9 Å². The van der Waals surface area contributed by atoms with Crippen molar-refractivity contribution in [1.82, 2.24) is 9.97 Å². The van der Waals surface area contributed by atoms with Crippen molar-refractivity contribution in [1.29, 1.82) is 0 Å². The van der Waals surface area contributed by atoms with Crippen LogP contribution in [0.3, 0.4) is 0 Å². The highest BCUT2D eigenvalue weighted by molar-refractivity contribution is 7.32. The molecule has 0 bridgehead atoms. The first kappa shape index (κ1) is 27.5. The average Bonchev–Trinajstić information content (AvgIpc) is 3.15. The molecule has 0 aliphatic heterocycles. The zero-order valence-electron chi connectivity index (χ0n) is 25.5. The molecule has 0 unspecified atom stereocenters. The van der Waals surface area contributed by atoms with Gasteiger partial charge in [0.05, 0.1) is 5.69 Å². The summed E-state index contributed by atoms with van der Waals surface area (Å²) in [5, 5.41) is 3.92. The summed E-state index contributed by atoms with van der Waals surface area (Å²) in [6.45, 7) is 27.0. The number of rotatable bonds is 4. The molecule has 1 aliphatic carbocycles. The van der Waals surface area contributed by atoms with E-state index in [2.05, 4.69) is 113 Å². The normalized spacial score (nSPS) is 15.8. The van der Waals surface area contributed by atoms with Crippen LogP contribution in [0.5, 0.6) is 0 Å². The number of benzene rings is 2. The van der Waals surface area contributed by atoms with Crippen LogP contribution in [-0.4, -0.2) is 18.0 Å². The topological polar surface area (TPSA) is 25.8 Å². The van der Waals surface area contributed by atoms with Gasteiger partial charge in [-0.25, -0.2) is 9.97 Å². The van der Waals surface area contributed by atoms with Crippen LogP contribution >= 0.6 is 11.3 Å². The lowest BCUT2D eigenvalue weighted by molar-refractivity contribution is 0.411. The summed E-state index contributed by atoms with van der Waals surface area (Å²) in [5.74, 6) is 0. The second-order valence-corrected chi connectivity index (χ2v) is 21.6. The van der Waals surface area contributed by atoms with Gasteiger partial charge in [-0.1, -0.05) is 100 Å². The maximum atomic E-state index is 4.98. The van der Waals surface area contributed by atoms with Crippen LogP contribution in [-0.2, 0) is 5.41 Å². The van der Waals surface area contributed by atoms with Crippen molar-refractivity contribution < 1.29 is 0 Å². The maximum absolute atomic E-state index is 4.98. The van der Waals surface area contributed by atoms with E-state index in [0.29, 0.717) is 0 Å². The highest BCUT2D eigenvalue weighted by Crippen LogP contribution is 2.53. The molecule has 2 aromatic heterocycles. The summed E-state index contributed by atoms with van der Waals surface area (Å²) in [6.07, 6.45) is 1.81. The Morgan fingerprint density at radius 2 is 1.29 bits per heavy atom. The second kappa shape index (κ2) is 8.73. The van der Waals surface area contributed by atoms with E-state index < -0.39 is 8.07 Å². The zero-order chi connectivity index (χ0) is 27.9. The minimum absolute atomic E-state index is 0.115. The number of hydrogen-bond acceptors (Lipinski definition) is 3. The summed E-state index contributed by atoms with van der Waals surface area (Å²) in [4.78, 5) is 11.1. The predicted molar refractivity (Wildman–Crippen MR) is 171 cm³/mol. The van der Waals surface area contributed by atoms with Gasteiger partial charge in [0, 0.05) is 16.4 Å². The van der Waals surface area contributed by atoms with Crippen LogP contribution in [0.2, 0.25) is 18.1 Å². The maximum Gasteiger partial charge on any atom is 0.127 e. The first-order valence-electron chi connectivity index (χ1n) is 14.2. The van der Waals surface area contributed by atoms with Crippen LogP contribution in [0, 0.1) is 16.2 Å². The molecule has 38 heavy (non-hydrogen) atoms. The lowest BCUT2D eigenvalue weighted by atomic mass is 9.71. The van der Waals surface area contributed by atoms with Crippen molar-refractivity contribution in [2.75, 3.05) is 0 Å². The van der Waals surface area contributed by atoms with E-state index in [1.54, 1.807) is 16.4 Å². The van der Waals surface area contributed by atoms with Crippen molar-refractivity contribution in [3.63, 3.8) is 0 Å². The Balaban J connectivity index is 1.90. The standard InChI is InChI=1S/C34H46N2SSi/c1-31(2,3)18-38(19-32(4,5)6,20-33(7,8)9)30-27-26-28(35-21-36-29(26)37-30)24-16-22-14-12-13-15-23(22)17-25(24)34(27,10)11/h12-17,21H,18-20H2,1-11H3. The molecule has 202 valence electrons. The van der Waals surface area contributed by atoms with Crippen LogP contribution in [0.1, 0.15) is 87.3 Å². The first-order valence-corrected chi connectivity index (χ1v) is 17.7. The van der Waals surface area contributed by atoms with Crippen molar-refractivity contribution in [3.8, 4) is 11.3 Å². The summed E-state index contributed by atoms with van der Waals surface area (Å²) in [7, 11) is -2.03. The smallest absolute Gasteiger partial charge is 0.127 e. The van der Waals surface area contributed by atoms with Crippen molar-refractivity contribution in [2.24, 2.45) is 16.2 Å². The Labute approximate surface area is 235 Å². The van der Waals surface area contributed by atoms with Gasteiger partial charge in [0.25, 0.3) is 0 Å². The van der Waals surface area contributed by atoms with Gasteiger partial charge in [0.1, 0.15) is 19.2 Å². The van der Waals surface area contributed by atoms with E-state index in [1.807, 2.05) is 11.3 Å². The van der Waals surface area contributed by atoms with E-state index >= 15 is 0 Å². The molecular weight excluding hydrogens is 497 g/mol. The third-order valence-corrected chi connectivity index (χ3v) is 17.0. The van der Waals surface area contributed by atoms with Gasteiger partial charge in [-0.15, -0.1) is 11.3 Å². The summed E-state index contributed by atoms with van der Waals surface area (Å²) < 4.78 is 1.69. The van der Waals surface area contributed by atoms with Gasteiger partial charge >= 0.3 is 0 Å². The Morgan fingerprint density at radius 3 is 1.82 bits per heavy atom. The molecule has 0 radical (unpaired) electrons. The minimum atomic E-state index is -2.03. The van der Waals surface area contributed by atoms with Crippen LogP contribution in [0.15, 0.2) is 42.7 Å². The Hall–Kier alpha value is -2.04. The van der Waals surface area contributed by atoms with Crippen LogP contribution in [0.25, 0.3) is 32.2 Å². The first-order chi connectivity index (χ1) is 17.4. The second-order valence-electron chi connectivity index (χ2n) is 16.1. The van der Waals surface area contributed by atoms with Gasteiger partial charge in [-0.2, -0.15) is 0 Å². The third kappa shape index (κ3) is 4.88. The molecule has 0 saturated heterocycles. The summed E-state index contributed by atoms with van der Waals surface area (Å²) >= 11 is 2.02. The molecule has 2 aromatic carbocycles. The molecule has 1 aliphatic rings. The number of aromatic nitrogens is 2. The highest BCUT2D eigenvalue weighted by atomic mass is 32.1. The van der Waals surface area contributed by atoms with Crippen LogP contribution < -0.4 is 4.50 Å². The fraction of sp³-hybridized carbons (Fsp3) is 0.529. The Bertz CT molecular complexity index is 1480. The summed E-state index contributed by atoms with van der Waals surface area (Å²) in [5.41, 5.74) is 6.03. The van der Waals surface area contributed by atoms with E-state index in [4.69, 9.17) is 9.97 Å². The lowest BCUT2D eigenvalue weighted by Crippen LogP contribution is -2.55. The molecule has 0 atom stereocenters. The molecule has 0 amide bonds. The SMILES string of the molecule is CC(C)(C)C[Si](CC(C)(C)C)(CC(C)(C)C)c1sc2ncnc3c2c1C(C)(C)c1cc2ccccc2cc1-3. The van der Waals surface area contributed by atoms with Crippen molar-refractivity contribution in [2.45, 2.75) is 99.7 Å². The number of nitrogens with zero attached hydrogens (tertiary/aromatic N) is 2. The average molecular weight is 543 g/mol. The van der Waals surface area contributed by atoms with E-state index in [9.17, 15) is 0 Å². The van der Waals surface area contributed by atoms with Gasteiger partial charge < -0.3 is 0 Å². The number of thiophene rings is 1. The van der Waals surface area contributed by atoms with E-state index in [0.717, 1.165) is 5.69 Å². The largest absolute Gasteiger partial charge is 0.236 e. The highest BCUT2D eigenvalue weighted by Gasteiger charge is 2.50. The minimum Gasteiger partial charge on any atom is -0.236 e. The monoisotopic (exact) mass is 542 g/mol. The lowest BCUT2D eigenvalue weighted by Gasteiger charge is -2.46. The molecular formula is C34H46N2SSi. The Kier molecular flexibility index (Phi) is 6.32. The molecule has 4 heteroatoms. The van der Waals surface area contributed by atoms with E-state index in [1.165, 1.54) is 50.2 Å². The molecule has 0 saturated carbocycles. The number of hydrogen-bond donors (Lipinski definition) is 0. The zero-order valence-corrected chi connectivity index (χ0v) is 27.3. The van der Waals surface area contributed by atoms with Gasteiger partial charge in [0.15, 0.2) is 0 Å². The van der Waals surface area contributed by atoms with Gasteiger partial charge in [-0.3, -0.25) is 0 Å². The van der Waals surface area contributed by atoms with Gasteiger partial charge in [0.2, 0.25) is 0 Å². The van der Waals surface area contributed by atoms with Crippen molar-refractivity contribution >= 4 is 44.9 Å². The fourth-order valence-corrected chi connectivity index (χ4v) is 18.4. The summed E-state index contributed by atoms with van der Waals surface area (Å²) in [6, 6.07) is 17.5. The molecule has 5 rings (SSSR count). The molecule has 2 heterocycles. The molecule has 2 nitrogen and oxygen atoms in total. The predicted octanol–water partition coefficient (Wildman–Crippen LogP) is 9.94. The molecule has 4 aromatic rings. The third-order valence-electron chi connectivity index (χ3n) is 8.02. The van der Waals surface area contributed by atoms with Crippen LogP contribution in [0.4, 0.5) is 0 Å². The molecule has 0 spiro atoms. The molecule has 0 fully saturated rings. The van der Waals surface area contributed by atoms with E-state index in [-0.39, 0.29) is 21.7 Å². The molecule has 0 N–H and O–H groups in total. The fourth-order valence-electron chi connectivity index (χ4n) is 7.67.